The molecule has 0 spiro atoms. The molecule has 3 aromatic rings. The van der Waals surface area contributed by atoms with Crippen LogP contribution in [-0.2, 0) is 10.8 Å². The minimum atomic E-state index is -1.03. The molecule has 2 N–H and O–H groups in total. The van der Waals surface area contributed by atoms with Gasteiger partial charge in [-0.25, -0.2) is 0 Å². The van der Waals surface area contributed by atoms with Crippen molar-refractivity contribution >= 4 is 27.6 Å². The van der Waals surface area contributed by atoms with Gasteiger partial charge in [0.2, 0.25) is 0 Å². The summed E-state index contributed by atoms with van der Waals surface area (Å²) in [6.07, 6.45) is 1.63. The molecule has 0 aliphatic rings. The smallest absolute Gasteiger partial charge is 0.272 e. The quantitative estimate of drug-likeness (QED) is 0.756. The summed E-state index contributed by atoms with van der Waals surface area (Å²) in [7, 11) is -1.03. The third-order valence-electron chi connectivity index (χ3n) is 3.59. The maximum absolute atomic E-state index is 12.6. The van der Waals surface area contributed by atoms with E-state index in [1.807, 2.05) is 54.6 Å². The van der Waals surface area contributed by atoms with E-state index in [0.717, 1.165) is 16.5 Å². The second kappa shape index (κ2) is 6.75. The molecule has 0 bridgehead atoms. The van der Waals surface area contributed by atoms with Gasteiger partial charge in [-0.2, -0.15) is 5.10 Å². The number of fused-ring (bicyclic) bond motifs is 1. The van der Waals surface area contributed by atoms with Gasteiger partial charge in [0, 0.05) is 28.2 Å². The lowest BCUT2D eigenvalue weighted by molar-refractivity contribution is 0.0937. The monoisotopic (exact) mass is 327 g/mol. The lowest BCUT2D eigenvalue weighted by Crippen LogP contribution is -2.32. The van der Waals surface area contributed by atoms with Crippen LogP contribution in [0.3, 0.4) is 0 Å². The third kappa shape index (κ3) is 3.48. The van der Waals surface area contributed by atoms with Crippen molar-refractivity contribution in [2.45, 2.75) is 6.04 Å². The first-order valence-corrected chi connectivity index (χ1v) is 8.97. The first kappa shape index (κ1) is 15.4. The SMILES string of the molecule is C[S@](=O)C[C@H](NC(=O)c1n[nH]c2ccccc12)c1ccccc1. The average Bonchev–Trinajstić information content (AvgIpc) is 2.99. The Balaban J connectivity index is 1.87. The zero-order chi connectivity index (χ0) is 16.2. The number of aromatic nitrogens is 2. The topological polar surface area (TPSA) is 74.8 Å². The number of rotatable bonds is 5. The Morgan fingerprint density at radius 1 is 1.17 bits per heavy atom. The van der Waals surface area contributed by atoms with E-state index in [0.29, 0.717) is 11.4 Å². The fourth-order valence-electron chi connectivity index (χ4n) is 2.50. The van der Waals surface area contributed by atoms with Crippen molar-refractivity contribution in [3.8, 4) is 0 Å². The summed E-state index contributed by atoms with van der Waals surface area (Å²) in [6.45, 7) is 0. The van der Waals surface area contributed by atoms with Crippen LogP contribution in [0, 0.1) is 0 Å². The Kier molecular flexibility index (Phi) is 4.52. The number of nitrogens with one attached hydrogen (secondary N) is 2. The summed E-state index contributed by atoms with van der Waals surface area (Å²) in [5, 5.41) is 10.7. The van der Waals surface area contributed by atoms with Crippen molar-refractivity contribution in [3.05, 3.63) is 65.9 Å². The van der Waals surface area contributed by atoms with Crippen LogP contribution in [-0.4, -0.2) is 32.3 Å². The van der Waals surface area contributed by atoms with E-state index in [9.17, 15) is 9.00 Å². The van der Waals surface area contributed by atoms with Gasteiger partial charge in [-0.05, 0) is 11.6 Å². The van der Waals surface area contributed by atoms with E-state index in [-0.39, 0.29) is 11.9 Å². The van der Waals surface area contributed by atoms with Crippen molar-refractivity contribution in [1.82, 2.24) is 15.5 Å². The molecule has 0 saturated carbocycles. The van der Waals surface area contributed by atoms with E-state index in [1.165, 1.54) is 0 Å². The van der Waals surface area contributed by atoms with Crippen LogP contribution in [0.25, 0.3) is 10.9 Å². The van der Waals surface area contributed by atoms with Gasteiger partial charge in [0.25, 0.3) is 5.91 Å². The fourth-order valence-corrected chi connectivity index (χ4v) is 3.25. The maximum Gasteiger partial charge on any atom is 0.272 e. The number of hydrogen-bond donors (Lipinski definition) is 2. The van der Waals surface area contributed by atoms with Crippen molar-refractivity contribution in [3.63, 3.8) is 0 Å². The normalized spacial score (nSPS) is 13.6. The predicted octanol–water partition coefficient (Wildman–Crippen LogP) is 2.41. The number of para-hydroxylation sites is 1. The van der Waals surface area contributed by atoms with E-state index in [1.54, 1.807) is 6.26 Å². The molecule has 6 heteroatoms. The van der Waals surface area contributed by atoms with Crippen molar-refractivity contribution < 1.29 is 9.00 Å². The Morgan fingerprint density at radius 3 is 2.61 bits per heavy atom. The summed E-state index contributed by atoms with van der Waals surface area (Å²) in [5.74, 6) is 0.0831. The standard InChI is InChI=1S/C17H17N3O2S/c1-23(22)11-15(12-7-3-2-4-8-12)18-17(21)16-13-9-5-6-10-14(13)19-20-16/h2-10,15H,11H2,1H3,(H,18,21)(H,19,20)/t15-,23-/m0/s1. The molecule has 2 aromatic carbocycles. The number of H-pyrrole nitrogens is 1. The maximum atomic E-state index is 12.6. The van der Waals surface area contributed by atoms with Crippen LogP contribution < -0.4 is 5.32 Å². The second-order valence-electron chi connectivity index (χ2n) is 5.29. The van der Waals surface area contributed by atoms with Crippen LogP contribution in [0.15, 0.2) is 54.6 Å². The van der Waals surface area contributed by atoms with E-state index in [2.05, 4.69) is 15.5 Å². The third-order valence-corrected chi connectivity index (χ3v) is 4.40. The minimum absolute atomic E-state index is 0.276. The average molecular weight is 327 g/mol. The molecule has 1 amide bonds. The summed E-state index contributed by atoms with van der Waals surface area (Å²) in [6, 6.07) is 16.7. The molecule has 5 nitrogen and oxygen atoms in total. The van der Waals surface area contributed by atoms with Crippen molar-refractivity contribution in [2.24, 2.45) is 0 Å². The summed E-state index contributed by atoms with van der Waals surface area (Å²) < 4.78 is 11.6. The Morgan fingerprint density at radius 2 is 1.87 bits per heavy atom. The van der Waals surface area contributed by atoms with E-state index >= 15 is 0 Å². The van der Waals surface area contributed by atoms with E-state index in [4.69, 9.17) is 0 Å². The number of hydrogen-bond acceptors (Lipinski definition) is 3. The molecule has 23 heavy (non-hydrogen) atoms. The van der Waals surface area contributed by atoms with Crippen LogP contribution in [0.1, 0.15) is 22.1 Å². The Hall–Kier alpha value is -2.47. The predicted molar refractivity (Wildman–Crippen MR) is 91.7 cm³/mol. The lowest BCUT2D eigenvalue weighted by atomic mass is 10.1. The highest BCUT2D eigenvalue weighted by molar-refractivity contribution is 7.84. The molecule has 0 fully saturated rings. The number of carbonyl (C=O) groups is 1. The molecule has 0 unspecified atom stereocenters. The zero-order valence-electron chi connectivity index (χ0n) is 12.7. The highest BCUT2D eigenvalue weighted by Gasteiger charge is 2.20. The van der Waals surface area contributed by atoms with Gasteiger partial charge < -0.3 is 5.32 Å². The largest absolute Gasteiger partial charge is 0.343 e. The van der Waals surface area contributed by atoms with E-state index < -0.39 is 10.8 Å². The first-order chi connectivity index (χ1) is 11.1. The molecule has 0 aliphatic heterocycles. The molecular formula is C17H17N3O2S. The van der Waals surface area contributed by atoms with Crippen LogP contribution >= 0.6 is 0 Å². The molecule has 118 valence electrons. The molecule has 2 atom stereocenters. The van der Waals surface area contributed by atoms with Crippen molar-refractivity contribution in [2.75, 3.05) is 12.0 Å². The van der Waals surface area contributed by atoms with Crippen LogP contribution in [0.5, 0.6) is 0 Å². The number of amides is 1. The van der Waals surface area contributed by atoms with Crippen LogP contribution in [0.2, 0.25) is 0 Å². The van der Waals surface area contributed by atoms with Gasteiger partial charge >= 0.3 is 0 Å². The number of benzene rings is 2. The molecule has 0 radical (unpaired) electrons. The summed E-state index contributed by atoms with van der Waals surface area (Å²) in [4.78, 5) is 12.6. The molecule has 1 heterocycles. The number of carbonyl (C=O) groups excluding carboxylic acids is 1. The summed E-state index contributed by atoms with van der Waals surface area (Å²) >= 11 is 0. The van der Waals surface area contributed by atoms with Gasteiger partial charge in [0.1, 0.15) is 0 Å². The zero-order valence-corrected chi connectivity index (χ0v) is 13.5. The lowest BCUT2D eigenvalue weighted by Gasteiger charge is -2.17. The molecule has 1 aromatic heterocycles. The molecular weight excluding hydrogens is 310 g/mol. The van der Waals surface area contributed by atoms with Crippen LogP contribution in [0.4, 0.5) is 0 Å². The highest BCUT2D eigenvalue weighted by atomic mass is 32.2. The molecule has 3 rings (SSSR count). The van der Waals surface area contributed by atoms with Gasteiger partial charge in [-0.1, -0.05) is 48.5 Å². The van der Waals surface area contributed by atoms with Gasteiger partial charge in [-0.3, -0.25) is 14.1 Å². The molecule has 0 saturated heterocycles. The first-order valence-electron chi connectivity index (χ1n) is 7.24. The molecule has 0 aliphatic carbocycles. The summed E-state index contributed by atoms with van der Waals surface area (Å²) in [5.41, 5.74) is 2.09. The minimum Gasteiger partial charge on any atom is -0.343 e. The van der Waals surface area contributed by atoms with Gasteiger partial charge in [0.15, 0.2) is 5.69 Å². The Bertz CT molecular complexity index is 845. The van der Waals surface area contributed by atoms with Crippen molar-refractivity contribution in [1.29, 1.82) is 0 Å². The Labute approximate surface area is 136 Å². The fraction of sp³-hybridized carbons (Fsp3) is 0.176. The number of aromatic amines is 1. The second-order valence-corrected chi connectivity index (χ2v) is 6.77. The highest BCUT2D eigenvalue weighted by Crippen LogP contribution is 2.18. The number of nitrogens with zero attached hydrogens (tertiary/aromatic N) is 1. The van der Waals surface area contributed by atoms with Gasteiger partial charge in [-0.15, -0.1) is 0 Å². The van der Waals surface area contributed by atoms with Gasteiger partial charge in [0.05, 0.1) is 11.6 Å².